The molecule has 20 heavy (non-hydrogen) atoms. The number of anilines is 2. The van der Waals surface area contributed by atoms with E-state index in [0.717, 1.165) is 24.4 Å². The van der Waals surface area contributed by atoms with Gasteiger partial charge in [-0.25, -0.2) is 0 Å². The number of amides is 1. The van der Waals surface area contributed by atoms with Crippen molar-refractivity contribution in [3.8, 4) is 6.07 Å². The smallest absolute Gasteiger partial charge is 0.263 e. The summed E-state index contributed by atoms with van der Waals surface area (Å²) < 4.78 is 0. The van der Waals surface area contributed by atoms with Gasteiger partial charge in [0.25, 0.3) is 5.91 Å². The predicted molar refractivity (Wildman–Crippen MR) is 80.9 cm³/mol. The van der Waals surface area contributed by atoms with E-state index >= 15 is 0 Å². The number of nitrogens with two attached hydrogens (primary N) is 2. The quantitative estimate of drug-likeness (QED) is 0.763. The lowest BCUT2D eigenvalue weighted by molar-refractivity contribution is 0.0958. The number of nitrogens with zero attached hydrogens (tertiary/aromatic N) is 2. The Kier molecular flexibility index (Phi) is 4.47. The van der Waals surface area contributed by atoms with Gasteiger partial charge in [-0.3, -0.25) is 4.79 Å². The molecule has 1 unspecified atom stereocenters. The maximum Gasteiger partial charge on any atom is 0.263 e. The predicted octanol–water partition coefficient (Wildman–Crippen LogP) is 0.879. The second kappa shape index (κ2) is 6.11. The first-order valence-corrected chi connectivity index (χ1v) is 7.51. The molecule has 0 saturated carbocycles. The number of thiophene rings is 1. The lowest BCUT2D eigenvalue weighted by Crippen LogP contribution is -2.26. The van der Waals surface area contributed by atoms with E-state index in [1.807, 2.05) is 11.8 Å². The molecule has 1 aromatic heterocycles. The Bertz CT molecular complexity index is 548. The van der Waals surface area contributed by atoms with Crippen molar-refractivity contribution < 1.29 is 4.79 Å². The van der Waals surface area contributed by atoms with Crippen molar-refractivity contribution in [2.24, 2.45) is 5.73 Å². The second-order valence-electron chi connectivity index (χ2n) is 4.89. The summed E-state index contributed by atoms with van der Waals surface area (Å²) in [6.07, 6.45) is 1.75. The average molecular weight is 293 g/mol. The fourth-order valence-electron chi connectivity index (χ4n) is 2.22. The fourth-order valence-corrected chi connectivity index (χ4v) is 3.34. The van der Waals surface area contributed by atoms with E-state index in [4.69, 9.17) is 11.5 Å². The number of hydrogen-bond donors (Lipinski definition) is 3. The number of nitriles is 1. The van der Waals surface area contributed by atoms with Gasteiger partial charge in [-0.1, -0.05) is 6.92 Å². The third kappa shape index (κ3) is 2.71. The van der Waals surface area contributed by atoms with E-state index in [9.17, 15) is 10.1 Å². The molecule has 1 aliphatic heterocycles. The number of hydrogen-bond acceptors (Lipinski definition) is 6. The van der Waals surface area contributed by atoms with Crippen molar-refractivity contribution in [2.75, 3.05) is 30.3 Å². The second-order valence-corrected chi connectivity index (χ2v) is 5.89. The highest BCUT2D eigenvalue weighted by Gasteiger charge is 2.28. The SMILES string of the molecule is CCCNC(=O)c1sc(N2CCC(N)C2)c(C#N)c1N. The molecule has 2 heterocycles. The van der Waals surface area contributed by atoms with E-state index in [1.54, 1.807) is 0 Å². The molecule has 0 aliphatic carbocycles. The lowest BCUT2D eigenvalue weighted by Gasteiger charge is -2.15. The summed E-state index contributed by atoms with van der Waals surface area (Å²) in [5.41, 5.74) is 12.5. The fraction of sp³-hybridized carbons (Fsp3) is 0.538. The van der Waals surface area contributed by atoms with Crippen LogP contribution in [0.4, 0.5) is 10.7 Å². The number of nitrogens with one attached hydrogen (secondary N) is 1. The summed E-state index contributed by atoms with van der Waals surface area (Å²) in [6.45, 7) is 4.08. The minimum atomic E-state index is -0.208. The first-order valence-electron chi connectivity index (χ1n) is 6.69. The Morgan fingerprint density at radius 1 is 1.65 bits per heavy atom. The summed E-state index contributed by atoms with van der Waals surface area (Å²) in [7, 11) is 0. The van der Waals surface area contributed by atoms with Crippen LogP contribution in [0.15, 0.2) is 0 Å². The van der Waals surface area contributed by atoms with Crippen LogP contribution in [-0.2, 0) is 0 Å². The van der Waals surface area contributed by atoms with E-state index < -0.39 is 0 Å². The minimum absolute atomic E-state index is 0.113. The molecule has 7 heteroatoms. The summed E-state index contributed by atoms with van der Waals surface area (Å²) in [5, 5.41) is 12.8. The number of carbonyl (C=O) groups excluding carboxylic acids is 1. The standard InChI is InChI=1S/C13H19N5OS/c1-2-4-17-12(19)11-10(16)9(6-14)13(20-11)18-5-3-8(15)7-18/h8H,2-5,7,15-16H2,1H3,(H,17,19). The van der Waals surface area contributed by atoms with Gasteiger partial charge in [0, 0.05) is 25.7 Å². The zero-order valence-electron chi connectivity index (χ0n) is 11.5. The number of carbonyl (C=O) groups is 1. The molecule has 6 nitrogen and oxygen atoms in total. The van der Waals surface area contributed by atoms with Gasteiger partial charge in [0.1, 0.15) is 21.5 Å². The molecular formula is C13H19N5OS. The average Bonchev–Trinajstić information content (AvgIpc) is 2.99. The van der Waals surface area contributed by atoms with Crippen LogP contribution in [0, 0.1) is 11.3 Å². The molecule has 0 aromatic carbocycles. The highest BCUT2D eigenvalue weighted by atomic mass is 32.1. The zero-order chi connectivity index (χ0) is 14.7. The van der Waals surface area contributed by atoms with Gasteiger partial charge in [-0.05, 0) is 12.8 Å². The van der Waals surface area contributed by atoms with Gasteiger partial charge in [0.05, 0.1) is 5.69 Å². The van der Waals surface area contributed by atoms with Crippen LogP contribution in [0.1, 0.15) is 35.0 Å². The Labute approximate surface area is 122 Å². The summed E-state index contributed by atoms with van der Waals surface area (Å²) >= 11 is 1.28. The Hall–Kier alpha value is -1.78. The highest BCUT2D eigenvalue weighted by molar-refractivity contribution is 7.19. The molecule has 1 amide bonds. The third-order valence-electron chi connectivity index (χ3n) is 3.29. The van der Waals surface area contributed by atoms with E-state index in [1.165, 1.54) is 11.3 Å². The van der Waals surface area contributed by atoms with Crippen molar-refractivity contribution in [1.29, 1.82) is 5.26 Å². The Morgan fingerprint density at radius 3 is 2.95 bits per heavy atom. The third-order valence-corrected chi connectivity index (χ3v) is 4.56. The van der Waals surface area contributed by atoms with Crippen molar-refractivity contribution in [2.45, 2.75) is 25.8 Å². The van der Waals surface area contributed by atoms with Crippen LogP contribution in [0.25, 0.3) is 0 Å². The maximum atomic E-state index is 12.1. The van der Waals surface area contributed by atoms with Crippen LogP contribution < -0.4 is 21.7 Å². The van der Waals surface area contributed by atoms with Crippen molar-refractivity contribution in [3.05, 3.63) is 10.4 Å². The molecule has 0 bridgehead atoms. The molecule has 1 aliphatic rings. The van der Waals surface area contributed by atoms with Gasteiger partial charge in [-0.2, -0.15) is 5.26 Å². The van der Waals surface area contributed by atoms with Crippen LogP contribution >= 0.6 is 11.3 Å². The summed E-state index contributed by atoms with van der Waals surface area (Å²) in [4.78, 5) is 14.5. The normalized spacial score (nSPS) is 18.1. The topological polar surface area (TPSA) is 108 Å². The van der Waals surface area contributed by atoms with E-state index in [-0.39, 0.29) is 17.6 Å². The van der Waals surface area contributed by atoms with Gasteiger partial charge in [0.2, 0.25) is 0 Å². The van der Waals surface area contributed by atoms with Gasteiger partial charge in [0.15, 0.2) is 0 Å². The van der Waals surface area contributed by atoms with Crippen molar-refractivity contribution >= 4 is 27.9 Å². The van der Waals surface area contributed by atoms with E-state index in [0.29, 0.717) is 23.5 Å². The molecule has 1 aromatic rings. The molecule has 2 rings (SSSR count). The largest absolute Gasteiger partial charge is 0.396 e. The first kappa shape index (κ1) is 14.6. The molecule has 1 fully saturated rings. The minimum Gasteiger partial charge on any atom is -0.396 e. The first-order chi connectivity index (χ1) is 9.58. The molecule has 0 radical (unpaired) electrons. The van der Waals surface area contributed by atoms with Crippen LogP contribution in [0.5, 0.6) is 0 Å². The van der Waals surface area contributed by atoms with Gasteiger partial charge < -0.3 is 21.7 Å². The molecule has 1 atom stereocenters. The molecule has 5 N–H and O–H groups in total. The van der Waals surface area contributed by atoms with Crippen LogP contribution in [-0.4, -0.2) is 31.6 Å². The van der Waals surface area contributed by atoms with Crippen LogP contribution in [0.3, 0.4) is 0 Å². The zero-order valence-corrected chi connectivity index (χ0v) is 12.3. The van der Waals surface area contributed by atoms with Gasteiger partial charge >= 0.3 is 0 Å². The van der Waals surface area contributed by atoms with Crippen molar-refractivity contribution in [1.82, 2.24) is 5.32 Å². The monoisotopic (exact) mass is 293 g/mol. The number of nitrogen functional groups attached to an aromatic ring is 1. The lowest BCUT2D eigenvalue weighted by atomic mass is 10.2. The Morgan fingerprint density at radius 2 is 2.40 bits per heavy atom. The molecule has 0 spiro atoms. The molecule has 108 valence electrons. The number of rotatable bonds is 4. The Balaban J connectivity index is 2.30. The maximum absolute atomic E-state index is 12.1. The van der Waals surface area contributed by atoms with Crippen molar-refractivity contribution in [3.63, 3.8) is 0 Å². The summed E-state index contributed by atoms with van der Waals surface area (Å²) in [6, 6.07) is 2.22. The van der Waals surface area contributed by atoms with Gasteiger partial charge in [-0.15, -0.1) is 11.3 Å². The molecule has 1 saturated heterocycles. The van der Waals surface area contributed by atoms with Crippen LogP contribution in [0.2, 0.25) is 0 Å². The molecular weight excluding hydrogens is 274 g/mol. The van der Waals surface area contributed by atoms with E-state index in [2.05, 4.69) is 11.4 Å². The summed E-state index contributed by atoms with van der Waals surface area (Å²) in [5.74, 6) is -0.208. The highest BCUT2D eigenvalue weighted by Crippen LogP contribution is 2.39.